The number of aliphatic hydroxyl groups is 2. The Morgan fingerprint density at radius 3 is 2.53 bits per heavy atom. The van der Waals surface area contributed by atoms with Crippen LogP contribution in [0.5, 0.6) is 5.75 Å². The summed E-state index contributed by atoms with van der Waals surface area (Å²) in [6.45, 7) is 0. The van der Waals surface area contributed by atoms with Crippen LogP contribution in [0.3, 0.4) is 0 Å². The minimum Gasteiger partial charge on any atom is -0.500 e. The van der Waals surface area contributed by atoms with Gasteiger partial charge in [-0.1, -0.05) is 0 Å². The SMILES string of the molecule is O=[N+]([O-])c1cc(C(O)C(O)CCl)cc(F)c1O. The van der Waals surface area contributed by atoms with Crippen LogP contribution in [-0.2, 0) is 0 Å². The third-order valence-electron chi connectivity index (χ3n) is 2.13. The first-order chi connectivity index (χ1) is 7.88. The third kappa shape index (κ3) is 2.82. The summed E-state index contributed by atoms with van der Waals surface area (Å²) in [7, 11) is 0. The number of phenolic OH excluding ortho intramolecular Hbond substituents is 1. The molecule has 0 aromatic heterocycles. The van der Waals surface area contributed by atoms with E-state index < -0.39 is 34.4 Å². The van der Waals surface area contributed by atoms with Gasteiger partial charge in [-0.25, -0.2) is 4.39 Å². The molecule has 2 atom stereocenters. The quantitative estimate of drug-likeness (QED) is 0.429. The van der Waals surface area contributed by atoms with Crippen molar-refractivity contribution in [2.24, 2.45) is 0 Å². The summed E-state index contributed by atoms with van der Waals surface area (Å²) in [6.07, 6.45) is -2.96. The second-order valence-electron chi connectivity index (χ2n) is 3.29. The summed E-state index contributed by atoms with van der Waals surface area (Å²) in [4.78, 5) is 9.50. The van der Waals surface area contributed by atoms with Gasteiger partial charge in [0.05, 0.1) is 16.9 Å². The topological polar surface area (TPSA) is 104 Å². The highest BCUT2D eigenvalue weighted by molar-refractivity contribution is 6.18. The number of hydrogen-bond acceptors (Lipinski definition) is 5. The number of nitro groups is 1. The molecule has 0 radical (unpaired) electrons. The smallest absolute Gasteiger partial charge is 0.314 e. The van der Waals surface area contributed by atoms with E-state index in [4.69, 9.17) is 16.7 Å². The first-order valence-electron chi connectivity index (χ1n) is 4.47. The Morgan fingerprint density at radius 2 is 2.06 bits per heavy atom. The number of hydrogen-bond donors (Lipinski definition) is 3. The van der Waals surface area contributed by atoms with Crippen LogP contribution in [0.25, 0.3) is 0 Å². The Kier molecular flexibility index (Phi) is 4.22. The molecule has 0 amide bonds. The van der Waals surface area contributed by atoms with Gasteiger partial charge in [0.1, 0.15) is 6.10 Å². The second kappa shape index (κ2) is 5.26. The van der Waals surface area contributed by atoms with E-state index in [9.17, 15) is 24.7 Å². The van der Waals surface area contributed by atoms with E-state index in [1.54, 1.807) is 0 Å². The lowest BCUT2D eigenvalue weighted by Gasteiger charge is -2.15. The maximum Gasteiger partial charge on any atom is 0.314 e. The van der Waals surface area contributed by atoms with Crippen LogP contribution in [0, 0.1) is 15.9 Å². The van der Waals surface area contributed by atoms with Gasteiger partial charge in [0.25, 0.3) is 0 Å². The van der Waals surface area contributed by atoms with E-state index in [2.05, 4.69) is 0 Å². The molecule has 1 aromatic rings. The minimum absolute atomic E-state index is 0.236. The van der Waals surface area contributed by atoms with Crippen LogP contribution in [0.4, 0.5) is 10.1 Å². The van der Waals surface area contributed by atoms with Crippen LogP contribution in [0.2, 0.25) is 0 Å². The number of rotatable bonds is 4. The zero-order valence-corrected chi connectivity index (χ0v) is 9.13. The number of aliphatic hydroxyl groups excluding tert-OH is 2. The molecule has 3 N–H and O–H groups in total. The Bertz CT molecular complexity index is 442. The molecule has 0 heterocycles. The summed E-state index contributed by atoms with van der Waals surface area (Å²) >= 11 is 5.28. The Labute approximate surface area is 100 Å². The van der Waals surface area contributed by atoms with Crippen molar-refractivity contribution in [1.82, 2.24) is 0 Å². The average Bonchev–Trinajstić information content (AvgIpc) is 2.30. The van der Waals surface area contributed by atoms with Crippen molar-refractivity contribution in [3.8, 4) is 5.75 Å². The largest absolute Gasteiger partial charge is 0.500 e. The van der Waals surface area contributed by atoms with E-state index in [1.165, 1.54) is 0 Å². The fourth-order valence-corrected chi connectivity index (χ4v) is 1.39. The van der Waals surface area contributed by atoms with Gasteiger partial charge in [0.2, 0.25) is 5.75 Å². The fraction of sp³-hybridized carbons (Fsp3) is 0.333. The van der Waals surface area contributed by atoms with Gasteiger partial charge < -0.3 is 15.3 Å². The highest BCUT2D eigenvalue weighted by atomic mass is 35.5. The van der Waals surface area contributed by atoms with Crippen LogP contribution in [0.1, 0.15) is 11.7 Å². The highest BCUT2D eigenvalue weighted by Gasteiger charge is 2.25. The molecule has 1 aromatic carbocycles. The van der Waals surface area contributed by atoms with E-state index in [1.807, 2.05) is 0 Å². The zero-order chi connectivity index (χ0) is 13.2. The molecule has 0 saturated carbocycles. The van der Waals surface area contributed by atoms with Crippen molar-refractivity contribution in [2.45, 2.75) is 12.2 Å². The number of aromatic hydroxyl groups is 1. The molecule has 2 unspecified atom stereocenters. The molecule has 17 heavy (non-hydrogen) atoms. The van der Waals surface area contributed by atoms with Gasteiger partial charge in [-0.15, -0.1) is 11.6 Å². The number of nitrogens with zero attached hydrogens (tertiary/aromatic N) is 1. The van der Waals surface area contributed by atoms with Gasteiger partial charge in [0.15, 0.2) is 5.82 Å². The summed E-state index contributed by atoms with van der Waals surface area (Å²) in [5, 5.41) is 38.3. The Hall–Kier alpha value is -1.44. The predicted molar refractivity (Wildman–Crippen MR) is 56.4 cm³/mol. The molecule has 94 valence electrons. The number of nitro benzene ring substituents is 1. The van der Waals surface area contributed by atoms with Gasteiger partial charge in [0, 0.05) is 6.07 Å². The predicted octanol–water partition coefficient (Wildman–Crippen LogP) is 1.07. The molecule has 8 heteroatoms. The average molecular weight is 266 g/mol. The maximum atomic E-state index is 13.1. The Balaban J connectivity index is 3.23. The van der Waals surface area contributed by atoms with Crippen molar-refractivity contribution >= 4 is 17.3 Å². The summed E-state index contributed by atoms with van der Waals surface area (Å²) in [5.74, 6) is -2.70. The van der Waals surface area contributed by atoms with Crippen LogP contribution < -0.4 is 0 Å². The van der Waals surface area contributed by atoms with E-state index in [0.717, 1.165) is 6.07 Å². The Morgan fingerprint density at radius 1 is 1.47 bits per heavy atom. The normalized spacial score (nSPS) is 14.4. The standard InChI is InChI=1S/C9H9ClFNO5/c10-3-7(13)8(14)4-1-5(11)9(15)6(2-4)12(16)17/h1-2,7-8,13-15H,3H2. The van der Waals surface area contributed by atoms with Gasteiger partial charge >= 0.3 is 5.69 Å². The van der Waals surface area contributed by atoms with Crippen LogP contribution >= 0.6 is 11.6 Å². The zero-order valence-electron chi connectivity index (χ0n) is 8.38. The molecule has 0 aliphatic rings. The minimum atomic E-state index is -1.57. The van der Waals surface area contributed by atoms with Crippen LogP contribution in [-0.4, -0.2) is 32.2 Å². The lowest BCUT2D eigenvalue weighted by Crippen LogP contribution is -2.20. The molecule has 0 aliphatic carbocycles. The molecule has 0 aliphatic heterocycles. The molecule has 0 bridgehead atoms. The van der Waals surface area contributed by atoms with Gasteiger partial charge in [-0.2, -0.15) is 0 Å². The van der Waals surface area contributed by atoms with E-state index >= 15 is 0 Å². The van der Waals surface area contributed by atoms with Gasteiger partial charge in [-0.05, 0) is 11.6 Å². The second-order valence-corrected chi connectivity index (χ2v) is 3.60. The first kappa shape index (κ1) is 13.6. The monoisotopic (exact) mass is 265 g/mol. The summed E-state index contributed by atoms with van der Waals surface area (Å²) < 4.78 is 13.1. The molecule has 0 saturated heterocycles. The number of phenols is 1. The first-order valence-corrected chi connectivity index (χ1v) is 5.00. The molecule has 0 fully saturated rings. The lowest BCUT2D eigenvalue weighted by atomic mass is 10.0. The lowest BCUT2D eigenvalue weighted by molar-refractivity contribution is -0.386. The molecular formula is C9H9ClFNO5. The number of alkyl halides is 1. The molecule has 1 rings (SSSR count). The molecule has 0 spiro atoms. The number of halogens is 2. The maximum absolute atomic E-state index is 13.1. The summed E-state index contributed by atoms with van der Waals surface area (Å²) in [5.41, 5.74) is -1.12. The summed E-state index contributed by atoms with van der Waals surface area (Å²) in [6, 6.07) is 1.47. The fourth-order valence-electron chi connectivity index (χ4n) is 1.22. The van der Waals surface area contributed by atoms with Crippen molar-refractivity contribution in [3.05, 3.63) is 33.6 Å². The van der Waals surface area contributed by atoms with Crippen LogP contribution in [0.15, 0.2) is 12.1 Å². The van der Waals surface area contributed by atoms with Crippen molar-refractivity contribution in [2.75, 3.05) is 5.88 Å². The van der Waals surface area contributed by atoms with Crippen molar-refractivity contribution in [3.63, 3.8) is 0 Å². The number of benzene rings is 1. The van der Waals surface area contributed by atoms with Crippen molar-refractivity contribution in [1.29, 1.82) is 0 Å². The van der Waals surface area contributed by atoms with E-state index in [0.29, 0.717) is 6.07 Å². The van der Waals surface area contributed by atoms with Gasteiger partial charge in [-0.3, -0.25) is 10.1 Å². The third-order valence-corrected chi connectivity index (χ3v) is 2.44. The van der Waals surface area contributed by atoms with Crippen molar-refractivity contribution < 1.29 is 24.6 Å². The highest BCUT2D eigenvalue weighted by Crippen LogP contribution is 2.33. The molecule has 6 nitrogen and oxygen atoms in total. The molecular weight excluding hydrogens is 257 g/mol. The van der Waals surface area contributed by atoms with E-state index in [-0.39, 0.29) is 11.4 Å².